The first-order valence-electron chi connectivity index (χ1n) is 9.52. The number of nitrogens with one attached hydrogen (secondary N) is 2. The molecule has 3 amide bonds. The summed E-state index contributed by atoms with van der Waals surface area (Å²) < 4.78 is 0. The molecule has 5 nitrogen and oxygen atoms in total. The van der Waals surface area contributed by atoms with Gasteiger partial charge in [-0.2, -0.15) is 0 Å². The van der Waals surface area contributed by atoms with E-state index in [4.69, 9.17) is 0 Å². The van der Waals surface area contributed by atoms with Gasteiger partial charge in [-0.3, -0.25) is 4.79 Å². The number of nitrogens with zero attached hydrogens (tertiary/aromatic N) is 1. The van der Waals surface area contributed by atoms with Crippen molar-refractivity contribution in [3.8, 4) is 0 Å². The fourth-order valence-electron chi connectivity index (χ4n) is 3.97. The van der Waals surface area contributed by atoms with Crippen LogP contribution in [0.1, 0.15) is 65.2 Å². The monoisotopic (exact) mass is 333 g/mol. The summed E-state index contributed by atoms with van der Waals surface area (Å²) in [5.74, 6) is 0.101. The van der Waals surface area contributed by atoms with Gasteiger partial charge >= 0.3 is 6.03 Å². The van der Waals surface area contributed by atoms with Crippen LogP contribution in [0.2, 0.25) is 0 Å². The molecule has 0 aromatic heterocycles. The van der Waals surface area contributed by atoms with E-state index in [0.717, 1.165) is 38.6 Å². The highest BCUT2D eigenvalue weighted by molar-refractivity contribution is 5.88. The maximum absolute atomic E-state index is 12.4. The van der Waals surface area contributed by atoms with Gasteiger partial charge in [0.05, 0.1) is 0 Å². The van der Waals surface area contributed by atoms with Crippen LogP contribution in [0.25, 0.3) is 0 Å². The number of carbonyl (C=O) groups is 2. The standard InChI is InChI=1S/C19H31N3O2/c1-19(2,14-7-4-3-5-8-14)13-20-18(24)21-16-11-12-22(17(16)23)15-9-6-10-15/h7,15-16H,3-6,8-13H2,1-2H3,(H2,20,21,24). The number of urea groups is 1. The molecule has 1 heterocycles. The number of allylic oxidation sites excluding steroid dienone is 1. The lowest BCUT2D eigenvalue weighted by atomic mass is 9.78. The quantitative estimate of drug-likeness (QED) is 0.760. The fraction of sp³-hybridized carbons (Fsp3) is 0.789. The highest BCUT2D eigenvalue weighted by atomic mass is 16.2. The SMILES string of the molecule is CC(C)(CNC(=O)NC1CCN(C2CCC2)C1=O)C1=CCCCC1. The molecule has 134 valence electrons. The molecule has 24 heavy (non-hydrogen) atoms. The molecule has 0 radical (unpaired) electrons. The van der Waals surface area contributed by atoms with E-state index in [1.54, 1.807) is 0 Å². The average Bonchev–Trinajstić information content (AvgIpc) is 2.86. The van der Waals surface area contributed by atoms with Gasteiger partial charge in [0.25, 0.3) is 0 Å². The van der Waals surface area contributed by atoms with Crippen molar-refractivity contribution in [2.75, 3.05) is 13.1 Å². The Morgan fingerprint density at radius 3 is 2.67 bits per heavy atom. The molecule has 1 aliphatic heterocycles. The van der Waals surface area contributed by atoms with E-state index in [0.29, 0.717) is 12.6 Å². The number of likely N-dealkylation sites (tertiary alicyclic amines) is 1. The first-order valence-corrected chi connectivity index (χ1v) is 9.52. The Hall–Kier alpha value is -1.52. The van der Waals surface area contributed by atoms with Crippen LogP contribution >= 0.6 is 0 Å². The molecule has 0 bridgehead atoms. The van der Waals surface area contributed by atoms with Crippen molar-refractivity contribution in [2.24, 2.45) is 5.41 Å². The van der Waals surface area contributed by atoms with Gasteiger partial charge in [-0.15, -0.1) is 0 Å². The molecule has 0 aromatic carbocycles. The number of rotatable bonds is 5. The smallest absolute Gasteiger partial charge is 0.315 e. The number of hydrogen-bond acceptors (Lipinski definition) is 2. The minimum Gasteiger partial charge on any atom is -0.338 e. The lowest BCUT2D eigenvalue weighted by Gasteiger charge is -2.34. The lowest BCUT2D eigenvalue weighted by Crippen LogP contribution is -2.50. The van der Waals surface area contributed by atoms with E-state index in [9.17, 15) is 9.59 Å². The summed E-state index contributed by atoms with van der Waals surface area (Å²) >= 11 is 0. The van der Waals surface area contributed by atoms with Crippen LogP contribution in [0.4, 0.5) is 4.79 Å². The predicted octanol–water partition coefficient (Wildman–Crippen LogP) is 2.97. The Balaban J connectivity index is 1.45. The Bertz CT molecular complexity index is 523. The molecule has 1 saturated heterocycles. The normalized spacial score (nSPS) is 25.2. The number of hydrogen-bond donors (Lipinski definition) is 2. The zero-order chi connectivity index (χ0) is 17.2. The molecule has 5 heteroatoms. The summed E-state index contributed by atoms with van der Waals surface area (Å²) in [7, 11) is 0. The van der Waals surface area contributed by atoms with Crippen molar-refractivity contribution >= 4 is 11.9 Å². The molecule has 3 rings (SSSR count). The molecule has 2 fully saturated rings. The van der Waals surface area contributed by atoms with Crippen molar-refractivity contribution in [1.82, 2.24) is 15.5 Å². The maximum Gasteiger partial charge on any atom is 0.315 e. The van der Waals surface area contributed by atoms with Crippen molar-refractivity contribution in [1.29, 1.82) is 0 Å². The minimum atomic E-state index is -0.345. The summed E-state index contributed by atoms with van der Waals surface area (Å²) in [6.07, 6.45) is 11.3. The third-order valence-corrected chi connectivity index (χ3v) is 5.91. The first-order chi connectivity index (χ1) is 11.5. The Kier molecular flexibility index (Phi) is 5.16. The largest absolute Gasteiger partial charge is 0.338 e. The molecule has 1 saturated carbocycles. The second-order valence-electron chi connectivity index (χ2n) is 8.14. The molecule has 0 spiro atoms. The third-order valence-electron chi connectivity index (χ3n) is 5.91. The summed E-state index contributed by atoms with van der Waals surface area (Å²) in [6.45, 7) is 5.76. The van der Waals surface area contributed by atoms with Gasteiger partial charge < -0.3 is 15.5 Å². The van der Waals surface area contributed by atoms with E-state index in [-0.39, 0.29) is 23.4 Å². The average molecular weight is 333 g/mol. The predicted molar refractivity (Wildman–Crippen MR) is 94.6 cm³/mol. The van der Waals surface area contributed by atoms with E-state index in [2.05, 4.69) is 30.6 Å². The van der Waals surface area contributed by atoms with Gasteiger partial charge in [0.15, 0.2) is 0 Å². The topological polar surface area (TPSA) is 61.4 Å². The van der Waals surface area contributed by atoms with Crippen LogP contribution in [0, 0.1) is 5.41 Å². The zero-order valence-corrected chi connectivity index (χ0v) is 15.1. The van der Waals surface area contributed by atoms with Crippen LogP contribution in [0.5, 0.6) is 0 Å². The van der Waals surface area contributed by atoms with Crippen molar-refractivity contribution in [3.05, 3.63) is 11.6 Å². The summed E-state index contributed by atoms with van der Waals surface area (Å²) in [5, 5.41) is 5.85. The first kappa shape index (κ1) is 17.3. The van der Waals surface area contributed by atoms with Gasteiger partial charge in [0.2, 0.25) is 5.91 Å². The van der Waals surface area contributed by atoms with E-state index >= 15 is 0 Å². The van der Waals surface area contributed by atoms with Crippen molar-refractivity contribution in [2.45, 2.75) is 77.3 Å². The lowest BCUT2D eigenvalue weighted by molar-refractivity contribution is -0.132. The van der Waals surface area contributed by atoms with Crippen LogP contribution < -0.4 is 10.6 Å². The highest BCUT2D eigenvalue weighted by Crippen LogP contribution is 2.33. The molecule has 2 N–H and O–H groups in total. The van der Waals surface area contributed by atoms with Gasteiger partial charge in [-0.1, -0.05) is 25.5 Å². The van der Waals surface area contributed by atoms with Gasteiger partial charge in [0, 0.05) is 24.5 Å². The van der Waals surface area contributed by atoms with E-state index < -0.39 is 0 Å². The van der Waals surface area contributed by atoms with E-state index in [1.165, 1.54) is 24.8 Å². The Morgan fingerprint density at radius 1 is 1.25 bits per heavy atom. The fourth-order valence-corrected chi connectivity index (χ4v) is 3.97. The van der Waals surface area contributed by atoms with Crippen molar-refractivity contribution < 1.29 is 9.59 Å². The second kappa shape index (κ2) is 7.16. The molecule has 1 atom stereocenters. The van der Waals surface area contributed by atoms with E-state index in [1.807, 2.05) is 4.90 Å². The molecule has 1 unspecified atom stereocenters. The van der Waals surface area contributed by atoms with Crippen LogP contribution in [-0.4, -0.2) is 42.0 Å². The third kappa shape index (κ3) is 3.76. The summed E-state index contributed by atoms with van der Waals surface area (Å²) in [6, 6.07) is -0.138. The second-order valence-corrected chi connectivity index (χ2v) is 8.14. The molecule has 0 aromatic rings. The molecule has 3 aliphatic rings. The molecular formula is C19H31N3O2. The number of carbonyl (C=O) groups excluding carboxylic acids is 2. The Morgan fingerprint density at radius 2 is 2.04 bits per heavy atom. The van der Waals surface area contributed by atoms with Crippen LogP contribution in [-0.2, 0) is 4.79 Å². The highest BCUT2D eigenvalue weighted by Gasteiger charge is 2.38. The Labute approximate surface area is 145 Å². The minimum absolute atomic E-state index is 0.0184. The van der Waals surface area contributed by atoms with Crippen LogP contribution in [0.3, 0.4) is 0 Å². The van der Waals surface area contributed by atoms with Crippen LogP contribution in [0.15, 0.2) is 11.6 Å². The maximum atomic E-state index is 12.4. The summed E-state index contributed by atoms with van der Waals surface area (Å²) in [4.78, 5) is 26.6. The molecular weight excluding hydrogens is 302 g/mol. The summed E-state index contributed by atoms with van der Waals surface area (Å²) in [5.41, 5.74) is 1.43. The molecule has 2 aliphatic carbocycles. The van der Waals surface area contributed by atoms with Gasteiger partial charge in [-0.05, 0) is 51.4 Å². The van der Waals surface area contributed by atoms with Gasteiger partial charge in [0.1, 0.15) is 6.04 Å². The number of amides is 3. The zero-order valence-electron chi connectivity index (χ0n) is 15.1. The van der Waals surface area contributed by atoms with Gasteiger partial charge in [-0.25, -0.2) is 4.79 Å². The van der Waals surface area contributed by atoms with Crippen molar-refractivity contribution in [3.63, 3.8) is 0 Å².